The molecule has 0 saturated heterocycles. The molecule has 2 aromatic carbocycles. The molecular weight excluding hydrogens is 745 g/mol. The van der Waals surface area contributed by atoms with E-state index < -0.39 is 0 Å². The van der Waals surface area contributed by atoms with Gasteiger partial charge >= 0.3 is 0 Å². The molecule has 0 radical (unpaired) electrons. The van der Waals surface area contributed by atoms with Crippen LogP contribution in [0.15, 0.2) is 48.7 Å². The van der Waals surface area contributed by atoms with Crippen molar-refractivity contribution in [3.8, 4) is 34.5 Å². The van der Waals surface area contributed by atoms with Crippen molar-refractivity contribution in [3.63, 3.8) is 0 Å². The molecule has 0 aliphatic heterocycles. The van der Waals surface area contributed by atoms with E-state index in [1.54, 1.807) is 53.0 Å². The first-order valence-corrected chi connectivity index (χ1v) is 18.5. The highest BCUT2D eigenvalue weighted by molar-refractivity contribution is 14.2. The molecule has 1 unspecified atom stereocenters. The SMILES string of the molecule is COc1cccc(OC)c1-n1c(-c2ccn(C)n2)nnc1N(CCSI)SCC(OC)c1ccc(Cl)cc1OSN(C)C. The Morgan fingerprint density at radius 1 is 1.02 bits per heavy atom. The number of aromatic nitrogens is 5. The minimum Gasteiger partial charge on any atom is -0.494 e. The Labute approximate surface area is 282 Å². The molecule has 0 N–H and O–H groups in total. The number of anilines is 1. The lowest BCUT2D eigenvalue weighted by atomic mass is 10.1. The van der Waals surface area contributed by atoms with E-state index in [-0.39, 0.29) is 6.10 Å². The van der Waals surface area contributed by atoms with Gasteiger partial charge in [-0.15, -0.1) is 10.2 Å². The van der Waals surface area contributed by atoms with Gasteiger partial charge in [0.05, 0.1) is 20.3 Å². The van der Waals surface area contributed by atoms with Crippen LogP contribution in [0.4, 0.5) is 5.95 Å². The predicted molar refractivity (Wildman–Crippen MR) is 186 cm³/mol. The number of hydrogen-bond donors (Lipinski definition) is 0. The quantitative estimate of drug-likeness (QED) is 0.0684. The number of methoxy groups -OCH3 is 3. The van der Waals surface area contributed by atoms with Crippen LogP contribution < -0.4 is 18.0 Å². The molecular formula is C27H33ClIN7O4S3. The van der Waals surface area contributed by atoms with Gasteiger partial charge in [0, 0.05) is 69.2 Å². The highest BCUT2D eigenvalue weighted by Gasteiger charge is 2.28. The van der Waals surface area contributed by atoms with Gasteiger partial charge in [-0.25, -0.2) is 4.31 Å². The van der Waals surface area contributed by atoms with Gasteiger partial charge in [-0.2, -0.15) is 5.10 Å². The first-order valence-electron chi connectivity index (χ1n) is 13.0. The zero-order valence-electron chi connectivity index (χ0n) is 24.6. The number of benzene rings is 2. The summed E-state index contributed by atoms with van der Waals surface area (Å²) < 4.78 is 31.2. The van der Waals surface area contributed by atoms with Crippen LogP contribution in [0.1, 0.15) is 11.7 Å². The van der Waals surface area contributed by atoms with Crippen molar-refractivity contribution in [2.45, 2.75) is 6.10 Å². The number of nitrogens with zero attached hydrogens (tertiary/aromatic N) is 7. The van der Waals surface area contributed by atoms with Crippen LogP contribution in [-0.2, 0) is 11.8 Å². The van der Waals surface area contributed by atoms with Gasteiger partial charge in [-0.1, -0.05) is 32.7 Å². The van der Waals surface area contributed by atoms with Gasteiger partial charge in [0.2, 0.25) is 5.95 Å². The monoisotopic (exact) mass is 777 g/mol. The average Bonchev–Trinajstić information content (AvgIpc) is 3.64. The van der Waals surface area contributed by atoms with E-state index in [0.29, 0.717) is 57.7 Å². The summed E-state index contributed by atoms with van der Waals surface area (Å²) in [5.74, 6) is 4.43. The number of ether oxygens (including phenoxy) is 3. The third kappa shape index (κ3) is 8.38. The van der Waals surface area contributed by atoms with Crippen molar-refractivity contribution in [1.82, 2.24) is 28.9 Å². The molecule has 0 spiro atoms. The first kappa shape index (κ1) is 33.9. The third-order valence-corrected chi connectivity index (χ3v) is 9.63. The lowest BCUT2D eigenvalue weighted by Gasteiger charge is -2.26. The highest BCUT2D eigenvalue weighted by atomic mass is 127. The smallest absolute Gasteiger partial charge is 0.242 e. The Morgan fingerprint density at radius 3 is 2.37 bits per heavy atom. The third-order valence-electron chi connectivity index (χ3n) is 6.07. The molecule has 232 valence electrons. The lowest BCUT2D eigenvalue weighted by Crippen LogP contribution is -2.24. The molecule has 0 saturated carbocycles. The largest absolute Gasteiger partial charge is 0.494 e. The van der Waals surface area contributed by atoms with Gasteiger partial charge in [0.1, 0.15) is 40.9 Å². The standard InChI is InChI=1S/C27H33ClIN7O4S3/c1-33(2)43-40-23-16-18(28)10-11-19(23)24(39-6)17-42-35(14-15-41-29)27-31-30-26(20-12-13-34(3)32-20)36(27)25-21(37-4)8-7-9-22(25)38-5/h7-13,16,24H,14-15,17H2,1-6H3. The molecule has 0 amide bonds. The normalized spacial score (nSPS) is 12.0. The second-order valence-electron chi connectivity index (χ2n) is 9.13. The summed E-state index contributed by atoms with van der Waals surface area (Å²) >= 11 is 11.4. The molecule has 4 rings (SSSR count). The molecule has 2 heterocycles. The molecule has 43 heavy (non-hydrogen) atoms. The Kier molecular flexibility index (Phi) is 12.9. The fourth-order valence-corrected chi connectivity index (χ4v) is 6.72. The minimum atomic E-state index is -0.304. The van der Waals surface area contributed by atoms with Crippen molar-refractivity contribution in [3.05, 3.63) is 59.2 Å². The summed E-state index contributed by atoms with van der Waals surface area (Å²) in [5.41, 5.74) is 2.23. The van der Waals surface area contributed by atoms with Gasteiger partial charge in [0.25, 0.3) is 0 Å². The molecule has 4 aromatic rings. The number of hydrogen-bond acceptors (Lipinski definition) is 12. The van der Waals surface area contributed by atoms with Crippen LogP contribution in [0.2, 0.25) is 5.02 Å². The summed E-state index contributed by atoms with van der Waals surface area (Å²) in [6, 6.07) is 13.1. The van der Waals surface area contributed by atoms with Crippen LogP contribution in [-0.4, -0.2) is 82.3 Å². The molecule has 0 fully saturated rings. The maximum atomic E-state index is 6.32. The molecule has 11 nitrogen and oxygen atoms in total. The maximum absolute atomic E-state index is 6.32. The second-order valence-corrected chi connectivity index (χ2v) is 14.1. The van der Waals surface area contributed by atoms with Crippen molar-refractivity contribution in [2.75, 3.05) is 57.8 Å². The van der Waals surface area contributed by atoms with Crippen LogP contribution in [0.5, 0.6) is 17.2 Å². The van der Waals surface area contributed by atoms with E-state index in [0.717, 1.165) is 11.3 Å². The summed E-state index contributed by atoms with van der Waals surface area (Å²) in [5, 5.41) is 14.5. The van der Waals surface area contributed by atoms with Crippen LogP contribution >= 0.6 is 65.9 Å². The van der Waals surface area contributed by atoms with E-state index in [4.69, 9.17) is 35.1 Å². The van der Waals surface area contributed by atoms with Crippen molar-refractivity contribution >= 4 is 71.9 Å². The van der Waals surface area contributed by atoms with Crippen molar-refractivity contribution in [2.24, 2.45) is 7.05 Å². The summed E-state index contributed by atoms with van der Waals surface area (Å²) in [6.07, 6.45) is 1.57. The lowest BCUT2D eigenvalue weighted by molar-refractivity contribution is 0.122. The molecule has 16 heteroatoms. The van der Waals surface area contributed by atoms with Crippen molar-refractivity contribution < 1.29 is 18.4 Å². The summed E-state index contributed by atoms with van der Waals surface area (Å²) in [6.45, 7) is 0.674. The van der Waals surface area contributed by atoms with E-state index in [2.05, 4.69) is 35.7 Å². The topological polar surface area (TPSA) is 91.9 Å². The zero-order chi connectivity index (χ0) is 30.9. The predicted octanol–water partition coefficient (Wildman–Crippen LogP) is 6.77. The number of rotatable bonds is 16. The Morgan fingerprint density at radius 2 is 1.77 bits per heavy atom. The Bertz CT molecular complexity index is 1470. The number of halogens is 2. The minimum absolute atomic E-state index is 0.304. The van der Waals surface area contributed by atoms with Crippen LogP contribution in [0.3, 0.4) is 0 Å². The van der Waals surface area contributed by atoms with Crippen LogP contribution in [0.25, 0.3) is 17.2 Å². The van der Waals surface area contributed by atoms with Gasteiger partial charge in [-0.05, 0) is 57.4 Å². The van der Waals surface area contributed by atoms with E-state index in [1.165, 1.54) is 12.2 Å². The number of aryl methyl sites for hydroxylation is 1. The molecule has 0 bridgehead atoms. The molecule has 2 aromatic heterocycles. The molecule has 1 atom stereocenters. The number of para-hydroxylation sites is 1. The molecule has 0 aliphatic carbocycles. The van der Waals surface area contributed by atoms with E-state index in [1.807, 2.05) is 72.6 Å². The maximum Gasteiger partial charge on any atom is 0.242 e. The van der Waals surface area contributed by atoms with Gasteiger partial charge in [-0.3, -0.25) is 13.6 Å². The second kappa shape index (κ2) is 16.3. The Balaban J connectivity index is 1.77. The van der Waals surface area contributed by atoms with Gasteiger partial charge < -0.3 is 18.4 Å². The van der Waals surface area contributed by atoms with Gasteiger partial charge in [0.15, 0.2) is 5.82 Å². The van der Waals surface area contributed by atoms with E-state index >= 15 is 0 Å². The fraction of sp³-hybridized carbons (Fsp3) is 0.370. The molecule has 0 aliphatic rings. The van der Waals surface area contributed by atoms with Crippen LogP contribution in [0, 0.1) is 0 Å². The zero-order valence-corrected chi connectivity index (χ0v) is 29.9. The highest BCUT2D eigenvalue weighted by Crippen LogP contribution is 2.41. The summed E-state index contributed by atoms with van der Waals surface area (Å²) in [7, 11) is 12.4. The average molecular weight is 778 g/mol. The first-order chi connectivity index (χ1) is 20.8. The van der Waals surface area contributed by atoms with E-state index in [9.17, 15) is 0 Å². The van der Waals surface area contributed by atoms with Crippen molar-refractivity contribution in [1.29, 1.82) is 0 Å². The Hall–Kier alpha value is -2.02. The summed E-state index contributed by atoms with van der Waals surface area (Å²) in [4.78, 5) is 0. The fourth-order valence-electron chi connectivity index (χ4n) is 4.14.